The van der Waals surface area contributed by atoms with Gasteiger partial charge in [0, 0.05) is 31.6 Å². The maximum Gasteiger partial charge on any atom is 0.243 e. The van der Waals surface area contributed by atoms with Crippen LogP contribution in [0.5, 0.6) is 5.75 Å². The van der Waals surface area contributed by atoms with Crippen LogP contribution in [0.3, 0.4) is 0 Å². The van der Waals surface area contributed by atoms with Gasteiger partial charge in [-0.25, -0.2) is 13.4 Å². The molecule has 0 aliphatic carbocycles. The van der Waals surface area contributed by atoms with E-state index in [0.29, 0.717) is 36.8 Å². The van der Waals surface area contributed by atoms with Crippen molar-refractivity contribution >= 4 is 32.7 Å². The summed E-state index contributed by atoms with van der Waals surface area (Å²) in [4.78, 5) is 8.50. The van der Waals surface area contributed by atoms with Gasteiger partial charge >= 0.3 is 0 Å². The van der Waals surface area contributed by atoms with Gasteiger partial charge in [0.1, 0.15) is 10.8 Å². The molecule has 0 saturated carbocycles. The number of aromatic nitrogens is 1. The minimum atomic E-state index is -3.49. The first-order chi connectivity index (χ1) is 14.0. The van der Waals surface area contributed by atoms with Gasteiger partial charge in [0.15, 0.2) is 0 Å². The highest BCUT2D eigenvalue weighted by molar-refractivity contribution is 7.89. The molecule has 0 unspecified atom stereocenters. The second kappa shape index (κ2) is 8.53. The largest absolute Gasteiger partial charge is 0.496 e. The number of benzene rings is 1. The van der Waals surface area contributed by atoms with E-state index < -0.39 is 10.0 Å². The Kier molecular flexibility index (Phi) is 6.03. The molecule has 0 atom stereocenters. The Bertz CT molecular complexity index is 1070. The second-order valence-corrected chi connectivity index (χ2v) is 10.7. The van der Waals surface area contributed by atoms with Crippen LogP contribution in [-0.2, 0) is 16.6 Å². The van der Waals surface area contributed by atoms with Gasteiger partial charge < -0.3 is 4.74 Å². The number of methoxy groups -OCH3 is 1. The molecule has 1 fully saturated rings. The molecule has 6 nitrogen and oxygen atoms in total. The van der Waals surface area contributed by atoms with Gasteiger partial charge in [-0.15, -0.1) is 22.7 Å². The van der Waals surface area contributed by atoms with Crippen molar-refractivity contribution in [1.82, 2.24) is 14.2 Å². The SMILES string of the molecule is COc1ccc(S(=O)(=O)N2CCN(Cc3nc(-c4cccs4)cs3)CC2)cc1C. The molecule has 1 saturated heterocycles. The predicted molar refractivity (Wildman–Crippen MR) is 117 cm³/mol. The number of sulfonamides is 1. The number of ether oxygens (including phenoxy) is 1. The highest BCUT2D eigenvalue weighted by Crippen LogP contribution is 2.27. The molecule has 1 aliphatic rings. The Morgan fingerprint density at radius 2 is 1.93 bits per heavy atom. The van der Waals surface area contributed by atoms with Crippen LogP contribution in [0.25, 0.3) is 10.6 Å². The molecule has 1 aromatic carbocycles. The van der Waals surface area contributed by atoms with Crippen LogP contribution in [0.4, 0.5) is 0 Å². The standard InChI is InChI=1S/C20H23N3O3S3/c1-15-12-16(5-6-18(15)26-2)29(24,25)23-9-7-22(8-10-23)13-20-21-17(14-28-20)19-4-3-11-27-19/h3-6,11-12,14H,7-10,13H2,1-2H3. The van der Waals surface area contributed by atoms with Crippen LogP contribution in [0, 0.1) is 6.92 Å². The van der Waals surface area contributed by atoms with Crippen molar-refractivity contribution in [3.05, 3.63) is 51.7 Å². The van der Waals surface area contributed by atoms with Gasteiger partial charge in [-0.3, -0.25) is 4.90 Å². The first-order valence-corrected chi connectivity index (χ1v) is 12.5. The van der Waals surface area contributed by atoms with Crippen LogP contribution >= 0.6 is 22.7 Å². The quantitative estimate of drug-likeness (QED) is 0.574. The Morgan fingerprint density at radius 1 is 1.14 bits per heavy atom. The number of rotatable bonds is 6. The molecule has 3 aromatic rings. The molecule has 29 heavy (non-hydrogen) atoms. The molecule has 0 amide bonds. The number of thiazole rings is 1. The molecular weight excluding hydrogens is 426 g/mol. The lowest BCUT2D eigenvalue weighted by Crippen LogP contribution is -2.48. The minimum Gasteiger partial charge on any atom is -0.496 e. The van der Waals surface area contributed by atoms with Crippen molar-refractivity contribution in [2.24, 2.45) is 0 Å². The molecule has 4 rings (SSSR count). The van der Waals surface area contributed by atoms with Crippen LogP contribution in [0.2, 0.25) is 0 Å². The summed E-state index contributed by atoms with van der Waals surface area (Å²) in [7, 11) is -1.91. The Hall–Kier alpha value is -1.78. The summed E-state index contributed by atoms with van der Waals surface area (Å²) in [5.41, 5.74) is 1.84. The summed E-state index contributed by atoms with van der Waals surface area (Å²) in [6.45, 7) is 4.97. The topological polar surface area (TPSA) is 62.7 Å². The van der Waals surface area contributed by atoms with Gasteiger partial charge in [-0.2, -0.15) is 4.31 Å². The van der Waals surface area contributed by atoms with E-state index in [2.05, 4.69) is 21.7 Å². The number of thiophene rings is 1. The maximum absolute atomic E-state index is 13.0. The van der Waals surface area contributed by atoms with Crippen molar-refractivity contribution in [3.63, 3.8) is 0 Å². The molecule has 0 N–H and O–H groups in total. The molecule has 0 bridgehead atoms. The molecule has 2 aromatic heterocycles. The normalized spacial score (nSPS) is 16.2. The van der Waals surface area contributed by atoms with Crippen LogP contribution in [0.1, 0.15) is 10.6 Å². The highest BCUT2D eigenvalue weighted by Gasteiger charge is 2.29. The predicted octanol–water partition coefficient (Wildman–Crippen LogP) is 3.70. The maximum atomic E-state index is 13.0. The fraction of sp³-hybridized carbons (Fsp3) is 0.350. The number of hydrogen-bond donors (Lipinski definition) is 0. The van der Waals surface area contributed by atoms with E-state index >= 15 is 0 Å². The first-order valence-electron chi connectivity index (χ1n) is 9.33. The van der Waals surface area contributed by atoms with Crippen molar-refractivity contribution < 1.29 is 13.2 Å². The van der Waals surface area contributed by atoms with E-state index in [1.807, 2.05) is 13.0 Å². The number of nitrogens with zero attached hydrogens (tertiary/aromatic N) is 3. The number of hydrogen-bond acceptors (Lipinski definition) is 7. The summed E-state index contributed by atoms with van der Waals surface area (Å²) in [6.07, 6.45) is 0. The molecule has 0 radical (unpaired) electrons. The number of piperazine rings is 1. The zero-order valence-electron chi connectivity index (χ0n) is 16.4. The van der Waals surface area contributed by atoms with E-state index in [-0.39, 0.29) is 0 Å². The van der Waals surface area contributed by atoms with Crippen molar-refractivity contribution in [2.45, 2.75) is 18.4 Å². The highest BCUT2D eigenvalue weighted by atomic mass is 32.2. The Morgan fingerprint density at radius 3 is 2.59 bits per heavy atom. The lowest BCUT2D eigenvalue weighted by atomic mass is 10.2. The minimum absolute atomic E-state index is 0.324. The van der Waals surface area contributed by atoms with Crippen molar-refractivity contribution in [3.8, 4) is 16.3 Å². The first kappa shape index (κ1) is 20.5. The Labute approximate surface area is 179 Å². The summed E-state index contributed by atoms with van der Waals surface area (Å²) in [5.74, 6) is 0.694. The third kappa shape index (κ3) is 4.39. The molecule has 1 aliphatic heterocycles. The van der Waals surface area contributed by atoms with Crippen LogP contribution < -0.4 is 4.74 Å². The zero-order chi connectivity index (χ0) is 20.4. The molecule has 0 spiro atoms. The summed E-state index contributed by atoms with van der Waals surface area (Å²) >= 11 is 3.35. The van der Waals surface area contributed by atoms with Gasteiger partial charge in [-0.1, -0.05) is 6.07 Å². The summed E-state index contributed by atoms with van der Waals surface area (Å²) in [6, 6.07) is 9.13. The summed E-state index contributed by atoms with van der Waals surface area (Å²) in [5, 5.41) is 5.21. The van der Waals surface area contributed by atoms with E-state index in [0.717, 1.165) is 22.8 Å². The van der Waals surface area contributed by atoms with Crippen LogP contribution in [0.15, 0.2) is 46.0 Å². The van der Waals surface area contributed by atoms with Crippen molar-refractivity contribution in [2.75, 3.05) is 33.3 Å². The molecular formula is C20H23N3O3S3. The van der Waals surface area contributed by atoms with Crippen LogP contribution in [-0.4, -0.2) is 55.9 Å². The van der Waals surface area contributed by atoms with E-state index in [4.69, 9.17) is 9.72 Å². The van der Waals surface area contributed by atoms with Crippen molar-refractivity contribution in [1.29, 1.82) is 0 Å². The third-order valence-corrected chi connectivity index (χ3v) is 8.64. The fourth-order valence-corrected chi connectivity index (χ4v) is 6.50. The Balaban J connectivity index is 1.38. The molecule has 3 heterocycles. The lowest BCUT2D eigenvalue weighted by molar-refractivity contribution is 0.181. The van der Waals surface area contributed by atoms with Gasteiger partial charge in [0.25, 0.3) is 0 Å². The monoisotopic (exact) mass is 449 g/mol. The molecule has 154 valence electrons. The fourth-order valence-electron chi connectivity index (χ4n) is 3.40. The smallest absolute Gasteiger partial charge is 0.243 e. The average Bonchev–Trinajstić information content (AvgIpc) is 3.40. The van der Waals surface area contributed by atoms with E-state index in [1.54, 1.807) is 52.3 Å². The lowest BCUT2D eigenvalue weighted by Gasteiger charge is -2.33. The number of aryl methyl sites for hydroxylation is 1. The average molecular weight is 450 g/mol. The van der Waals surface area contributed by atoms with E-state index in [9.17, 15) is 8.42 Å². The summed E-state index contributed by atoms with van der Waals surface area (Å²) < 4.78 is 32.8. The molecule has 9 heteroatoms. The van der Waals surface area contributed by atoms with Gasteiger partial charge in [0.2, 0.25) is 10.0 Å². The van der Waals surface area contributed by atoms with Gasteiger partial charge in [-0.05, 0) is 42.1 Å². The second-order valence-electron chi connectivity index (χ2n) is 6.92. The van der Waals surface area contributed by atoms with Gasteiger partial charge in [0.05, 0.1) is 29.1 Å². The zero-order valence-corrected chi connectivity index (χ0v) is 18.8. The van der Waals surface area contributed by atoms with E-state index in [1.165, 1.54) is 4.88 Å². The third-order valence-electron chi connectivity index (χ3n) is 5.02.